The second-order valence-corrected chi connectivity index (χ2v) is 6.31. The lowest BCUT2D eigenvalue weighted by Crippen LogP contribution is -2.30. The van der Waals surface area contributed by atoms with Crippen molar-refractivity contribution in [2.45, 2.75) is 25.9 Å². The van der Waals surface area contributed by atoms with E-state index in [0.29, 0.717) is 5.82 Å². The highest BCUT2D eigenvalue weighted by Crippen LogP contribution is 2.18. The van der Waals surface area contributed by atoms with Gasteiger partial charge in [-0.3, -0.25) is 19.7 Å². The first-order chi connectivity index (χ1) is 14.4. The van der Waals surface area contributed by atoms with Gasteiger partial charge in [0.2, 0.25) is 11.7 Å². The normalized spacial score (nSPS) is 11.5. The van der Waals surface area contributed by atoms with Crippen LogP contribution in [0.4, 0.5) is 11.4 Å². The van der Waals surface area contributed by atoms with Crippen LogP contribution < -0.4 is 5.32 Å². The van der Waals surface area contributed by atoms with Crippen molar-refractivity contribution in [2.24, 2.45) is 0 Å². The standard InChI is InChI=1S/C20H18N4O6/c1-13(20(26)21-15-8-5-9-16(12-15)24(27)28)29-18(25)11-10-17-22-19(23-30-17)14-6-3-2-4-7-14/h2-9,12-13H,10-11H2,1H3,(H,21,26). The zero-order valence-electron chi connectivity index (χ0n) is 16.0. The van der Waals surface area contributed by atoms with Gasteiger partial charge in [0, 0.05) is 29.8 Å². The van der Waals surface area contributed by atoms with Gasteiger partial charge >= 0.3 is 5.97 Å². The highest BCUT2D eigenvalue weighted by molar-refractivity contribution is 5.95. The minimum atomic E-state index is -1.08. The van der Waals surface area contributed by atoms with Crippen LogP contribution in [-0.2, 0) is 20.7 Å². The molecule has 1 amide bonds. The summed E-state index contributed by atoms with van der Waals surface area (Å²) in [5, 5.41) is 17.1. The second kappa shape index (κ2) is 9.41. The van der Waals surface area contributed by atoms with Gasteiger partial charge in [-0.1, -0.05) is 41.6 Å². The molecular formula is C20H18N4O6. The minimum Gasteiger partial charge on any atom is -0.453 e. The summed E-state index contributed by atoms with van der Waals surface area (Å²) >= 11 is 0. The third-order valence-corrected chi connectivity index (χ3v) is 4.05. The van der Waals surface area contributed by atoms with E-state index in [-0.39, 0.29) is 30.1 Å². The first-order valence-corrected chi connectivity index (χ1v) is 9.05. The number of nitro benzene ring substituents is 1. The Bertz CT molecular complexity index is 1050. The molecule has 0 spiro atoms. The summed E-state index contributed by atoms with van der Waals surface area (Å²) < 4.78 is 10.2. The van der Waals surface area contributed by atoms with Crippen molar-refractivity contribution in [1.29, 1.82) is 0 Å². The topological polar surface area (TPSA) is 137 Å². The molecule has 0 aliphatic heterocycles. The number of aromatic nitrogens is 2. The van der Waals surface area contributed by atoms with Crippen molar-refractivity contribution in [3.8, 4) is 11.4 Å². The van der Waals surface area contributed by atoms with Gasteiger partial charge in [-0.05, 0) is 13.0 Å². The molecule has 1 heterocycles. The summed E-state index contributed by atoms with van der Waals surface area (Å²) in [7, 11) is 0. The first-order valence-electron chi connectivity index (χ1n) is 9.05. The fourth-order valence-corrected chi connectivity index (χ4v) is 2.52. The average molecular weight is 410 g/mol. The van der Waals surface area contributed by atoms with Gasteiger partial charge in [-0.15, -0.1) is 0 Å². The number of hydrogen-bond acceptors (Lipinski definition) is 8. The van der Waals surface area contributed by atoms with Crippen molar-refractivity contribution in [3.63, 3.8) is 0 Å². The molecule has 0 aliphatic rings. The highest BCUT2D eigenvalue weighted by Gasteiger charge is 2.19. The van der Waals surface area contributed by atoms with Crippen molar-refractivity contribution in [3.05, 3.63) is 70.6 Å². The largest absolute Gasteiger partial charge is 0.453 e. The predicted molar refractivity (Wildman–Crippen MR) is 105 cm³/mol. The quantitative estimate of drug-likeness (QED) is 0.340. The van der Waals surface area contributed by atoms with Crippen LogP contribution in [0.1, 0.15) is 19.2 Å². The van der Waals surface area contributed by atoms with Crippen LogP contribution in [0.2, 0.25) is 0 Å². The van der Waals surface area contributed by atoms with Crippen LogP contribution >= 0.6 is 0 Å². The SMILES string of the molecule is CC(OC(=O)CCc1nc(-c2ccccc2)no1)C(=O)Nc1cccc([N+](=O)[O-])c1. The number of aryl methyl sites for hydroxylation is 1. The Morgan fingerprint density at radius 3 is 2.70 bits per heavy atom. The first kappa shape index (κ1) is 20.6. The summed E-state index contributed by atoms with van der Waals surface area (Å²) in [6.45, 7) is 1.41. The molecule has 30 heavy (non-hydrogen) atoms. The van der Waals surface area contributed by atoms with E-state index in [9.17, 15) is 19.7 Å². The van der Waals surface area contributed by atoms with Crippen LogP contribution in [0.25, 0.3) is 11.4 Å². The second-order valence-electron chi connectivity index (χ2n) is 6.31. The highest BCUT2D eigenvalue weighted by atomic mass is 16.6. The zero-order chi connectivity index (χ0) is 21.5. The Hall–Kier alpha value is -4.08. The van der Waals surface area contributed by atoms with Crippen molar-refractivity contribution >= 4 is 23.3 Å². The molecular weight excluding hydrogens is 392 g/mol. The van der Waals surface area contributed by atoms with Gasteiger partial charge in [-0.2, -0.15) is 4.98 Å². The van der Waals surface area contributed by atoms with Crippen molar-refractivity contribution in [1.82, 2.24) is 10.1 Å². The Morgan fingerprint density at radius 2 is 1.97 bits per heavy atom. The fourth-order valence-electron chi connectivity index (χ4n) is 2.52. The number of benzene rings is 2. The number of nitrogens with zero attached hydrogens (tertiary/aromatic N) is 3. The number of esters is 1. The minimum absolute atomic E-state index is 0.0507. The maximum atomic E-state index is 12.2. The molecule has 3 rings (SSSR count). The number of carbonyl (C=O) groups excluding carboxylic acids is 2. The summed E-state index contributed by atoms with van der Waals surface area (Å²) in [5.74, 6) is -0.521. The number of ether oxygens (including phenoxy) is 1. The van der Waals surface area contributed by atoms with Gasteiger partial charge in [0.05, 0.1) is 11.3 Å². The summed E-state index contributed by atoms with van der Waals surface area (Å²) in [4.78, 5) is 38.6. The van der Waals surface area contributed by atoms with Crippen LogP contribution in [0, 0.1) is 10.1 Å². The number of nitro groups is 1. The molecule has 0 fully saturated rings. The smallest absolute Gasteiger partial charge is 0.307 e. The average Bonchev–Trinajstić information content (AvgIpc) is 3.22. The predicted octanol–water partition coefficient (Wildman–Crippen LogP) is 3.15. The Labute approximate surface area is 171 Å². The zero-order valence-corrected chi connectivity index (χ0v) is 16.0. The Morgan fingerprint density at radius 1 is 1.20 bits per heavy atom. The molecule has 1 aromatic heterocycles. The molecule has 10 heteroatoms. The van der Waals surface area contributed by atoms with E-state index in [1.807, 2.05) is 30.3 Å². The summed E-state index contributed by atoms with van der Waals surface area (Å²) in [6.07, 6.45) is -0.970. The summed E-state index contributed by atoms with van der Waals surface area (Å²) in [5.41, 5.74) is 0.866. The van der Waals surface area contributed by atoms with Gasteiger partial charge in [0.25, 0.3) is 11.6 Å². The van der Waals surface area contributed by atoms with Crippen LogP contribution in [0.15, 0.2) is 59.1 Å². The number of nitrogens with one attached hydrogen (secondary N) is 1. The number of non-ortho nitro benzene ring substituents is 1. The third kappa shape index (κ3) is 5.47. The van der Waals surface area contributed by atoms with E-state index in [0.717, 1.165) is 5.56 Å². The maximum absolute atomic E-state index is 12.2. The van der Waals surface area contributed by atoms with Crippen LogP contribution in [-0.4, -0.2) is 33.0 Å². The lowest BCUT2D eigenvalue weighted by atomic mass is 10.2. The molecule has 0 saturated carbocycles. The van der Waals surface area contributed by atoms with E-state index in [1.54, 1.807) is 0 Å². The molecule has 1 N–H and O–H groups in total. The van der Waals surface area contributed by atoms with E-state index < -0.39 is 22.9 Å². The maximum Gasteiger partial charge on any atom is 0.307 e. The van der Waals surface area contributed by atoms with Gasteiger partial charge in [0.1, 0.15) is 0 Å². The van der Waals surface area contributed by atoms with Crippen molar-refractivity contribution in [2.75, 3.05) is 5.32 Å². The molecule has 0 radical (unpaired) electrons. The molecule has 0 saturated heterocycles. The molecule has 0 aliphatic carbocycles. The number of carbonyl (C=O) groups is 2. The molecule has 1 atom stereocenters. The van der Waals surface area contributed by atoms with E-state index in [4.69, 9.17) is 9.26 Å². The van der Waals surface area contributed by atoms with Crippen LogP contribution in [0.3, 0.4) is 0 Å². The van der Waals surface area contributed by atoms with Gasteiger partial charge < -0.3 is 14.6 Å². The molecule has 154 valence electrons. The Balaban J connectivity index is 1.48. The summed E-state index contributed by atoms with van der Waals surface area (Å²) in [6, 6.07) is 14.7. The fraction of sp³-hybridized carbons (Fsp3) is 0.200. The lowest BCUT2D eigenvalue weighted by molar-refractivity contribution is -0.384. The van der Waals surface area contributed by atoms with E-state index in [1.165, 1.54) is 31.2 Å². The lowest BCUT2D eigenvalue weighted by Gasteiger charge is -2.13. The van der Waals surface area contributed by atoms with E-state index in [2.05, 4.69) is 15.5 Å². The molecule has 10 nitrogen and oxygen atoms in total. The van der Waals surface area contributed by atoms with Gasteiger partial charge in [-0.25, -0.2) is 0 Å². The Kier molecular flexibility index (Phi) is 6.48. The molecule has 1 unspecified atom stereocenters. The number of hydrogen-bond donors (Lipinski definition) is 1. The molecule has 0 bridgehead atoms. The molecule has 3 aromatic rings. The van der Waals surface area contributed by atoms with Gasteiger partial charge in [0.15, 0.2) is 6.10 Å². The van der Waals surface area contributed by atoms with E-state index >= 15 is 0 Å². The number of rotatable bonds is 8. The van der Waals surface area contributed by atoms with Crippen LogP contribution in [0.5, 0.6) is 0 Å². The number of amides is 1. The number of anilines is 1. The monoisotopic (exact) mass is 410 g/mol. The third-order valence-electron chi connectivity index (χ3n) is 4.05. The van der Waals surface area contributed by atoms with Crippen molar-refractivity contribution < 1.29 is 23.8 Å². The molecule has 2 aromatic carbocycles.